The van der Waals surface area contributed by atoms with Gasteiger partial charge in [0.25, 0.3) is 0 Å². The molecule has 0 amide bonds. The van der Waals surface area contributed by atoms with Crippen LogP contribution in [-0.2, 0) is 0 Å². The first-order chi connectivity index (χ1) is 14.1. The van der Waals surface area contributed by atoms with E-state index in [4.69, 9.17) is 14.7 Å². The molecule has 5 heteroatoms. The Morgan fingerprint density at radius 1 is 1.10 bits per heavy atom. The number of benzene rings is 2. The first-order valence-corrected chi connectivity index (χ1v) is 10.5. The fraction of sp³-hybridized carbons (Fsp3) is 0.417. The minimum absolute atomic E-state index is 0.524. The average Bonchev–Trinajstić information content (AvgIpc) is 2.78. The number of fused-ring (bicyclic) bond motifs is 1. The Kier molecular flexibility index (Phi) is 5.95. The van der Waals surface area contributed by atoms with Crippen molar-refractivity contribution in [2.24, 2.45) is 0 Å². The Morgan fingerprint density at radius 2 is 1.86 bits per heavy atom. The quantitative estimate of drug-likeness (QED) is 0.680. The second-order valence-electron chi connectivity index (χ2n) is 7.97. The number of methoxy groups -OCH3 is 1. The molecule has 1 aromatic heterocycles. The van der Waals surface area contributed by atoms with Gasteiger partial charge in [0.1, 0.15) is 5.75 Å². The number of anilines is 1. The van der Waals surface area contributed by atoms with E-state index in [-0.39, 0.29) is 0 Å². The van der Waals surface area contributed by atoms with Crippen LogP contribution in [0, 0.1) is 6.92 Å². The minimum atomic E-state index is 0.524. The number of hydrogen-bond donors (Lipinski definition) is 1. The van der Waals surface area contributed by atoms with E-state index in [0.717, 1.165) is 60.8 Å². The Balaban J connectivity index is 1.37. The number of rotatable bonds is 6. The predicted octanol–water partition coefficient (Wildman–Crippen LogP) is 4.31. The van der Waals surface area contributed by atoms with Gasteiger partial charge in [-0.3, -0.25) is 0 Å². The second kappa shape index (κ2) is 8.78. The highest BCUT2D eigenvalue weighted by Crippen LogP contribution is 2.25. The molecule has 0 aliphatic carbocycles. The monoisotopic (exact) mass is 390 g/mol. The molecule has 2 aromatic carbocycles. The van der Waals surface area contributed by atoms with Crippen LogP contribution in [0.25, 0.3) is 10.9 Å². The van der Waals surface area contributed by atoms with Crippen molar-refractivity contribution in [3.63, 3.8) is 0 Å². The van der Waals surface area contributed by atoms with Gasteiger partial charge in [0.05, 0.1) is 18.3 Å². The van der Waals surface area contributed by atoms with Crippen molar-refractivity contribution in [1.29, 1.82) is 0 Å². The molecule has 1 aliphatic rings. The minimum Gasteiger partial charge on any atom is -0.497 e. The molecule has 1 N–H and O–H groups in total. The molecule has 1 unspecified atom stereocenters. The summed E-state index contributed by atoms with van der Waals surface area (Å²) in [6, 6.07) is 17.3. The van der Waals surface area contributed by atoms with Crippen molar-refractivity contribution in [1.82, 2.24) is 15.3 Å². The zero-order chi connectivity index (χ0) is 20.2. The molecule has 1 saturated heterocycles. The molecule has 0 spiro atoms. The van der Waals surface area contributed by atoms with Crippen LogP contribution in [0.2, 0.25) is 0 Å². The van der Waals surface area contributed by atoms with Crippen molar-refractivity contribution >= 4 is 16.9 Å². The zero-order valence-corrected chi connectivity index (χ0v) is 17.6. The number of ether oxygens (including phenoxy) is 1. The lowest BCUT2D eigenvalue weighted by molar-refractivity contribution is 0.404. The van der Waals surface area contributed by atoms with Crippen molar-refractivity contribution in [2.45, 2.75) is 38.6 Å². The molecule has 1 aliphatic heterocycles. The molecule has 2 heterocycles. The van der Waals surface area contributed by atoms with Gasteiger partial charge in [-0.2, -0.15) is 0 Å². The third-order valence-electron chi connectivity index (χ3n) is 5.94. The summed E-state index contributed by atoms with van der Waals surface area (Å²) < 4.78 is 5.36. The van der Waals surface area contributed by atoms with Crippen LogP contribution in [0.3, 0.4) is 0 Å². The standard InChI is InChI=1S/C24H30N4O/c1-17(19-7-5-4-6-8-19)16-25-20-11-13-28(14-12-20)24-26-18(2)22-10-9-21(29-3)15-23(22)27-24/h4-10,15,17,20,25H,11-14,16H2,1-3H3. The molecule has 5 nitrogen and oxygen atoms in total. The van der Waals surface area contributed by atoms with E-state index < -0.39 is 0 Å². The second-order valence-corrected chi connectivity index (χ2v) is 7.97. The average molecular weight is 391 g/mol. The molecule has 4 rings (SSSR count). The highest BCUT2D eigenvalue weighted by atomic mass is 16.5. The van der Waals surface area contributed by atoms with Crippen LogP contribution in [0.4, 0.5) is 5.95 Å². The molecule has 0 radical (unpaired) electrons. The van der Waals surface area contributed by atoms with Gasteiger partial charge in [-0.25, -0.2) is 9.97 Å². The van der Waals surface area contributed by atoms with E-state index in [1.807, 2.05) is 18.2 Å². The van der Waals surface area contributed by atoms with E-state index in [1.165, 1.54) is 5.56 Å². The summed E-state index contributed by atoms with van der Waals surface area (Å²) in [5, 5.41) is 4.85. The van der Waals surface area contributed by atoms with E-state index in [2.05, 4.69) is 54.4 Å². The number of nitrogens with one attached hydrogen (secondary N) is 1. The van der Waals surface area contributed by atoms with Crippen LogP contribution in [-0.4, -0.2) is 42.8 Å². The van der Waals surface area contributed by atoms with Gasteiger partial charge in [0.2, 0.25) is 5.95 Å². The molecule has 3 aromatic rings. The summed E-state index contributed by atoms with van der Waals surface area (Å²) in [7, 11) is 1.69. The zero-order valence-electron chi connectivity index (χ0n) is 17.6. The fourth-order valence-corrected chi connectivity index (χ4v) is 4.05. The van der Waals surface area contributed by atoms with E-state index in [0.29, 0.717) is 12.0 Å². The summed E-state index contributed by atoms with van der Waals surface area (Å²) >= 11 is 0. The number of aryl methyl sites for hydroxylation is 1. The molecule has 29 heavy (non-hydrogen) atoms. The molecule has 152 valence electrons. The van der Waals surface area contributed by atoms with Crippen molar-refractivity contribution in [3.05, 3.63) is 59.8 Å². The van der Waals surface area contributed by atoms with Crippen molar-refractivity contribution in [2.75, 3.05) is 31.6 Å². The topological polar surface area (TPSA) is 50.3 Å². The maximum atomic E-state index is 5.36. The van der Waals surface area contributed by atoms with Crippen LogP contribution in [0.1, 0.15) is 36.9 Å². The first-order valence-electron chi connectivity index (χ1n) is 10.5. The molecule has 0 saturated carbocycles. The van der Waals surface area contributed by atoms with Gasteiger partial charge in [0, 0.05) is 37.1 Å². The summed E-state index contributed by atoms with van der Waals surface area (Å²) in [5.41, 5.74) is 3.36. The van der Waals surface area contributed by atoms with Crippen LogP contribution in [0.5, 0.6) is 5.75 Å². The number of hydrogen-bond acceptors (Lipinski definition) is 5. The third-order valence-corrected chi connectivity index (χ3v) is 5.94. The third kappa shape index (κ3) is 4.51. The van der Waals surface area contributed by atoms with E-state index >= 15 is 0 Å². The van der Waals surface area contributed by atoms with Gasteiger partial charge in [-0.15, -0.1) is 0 Å². The molecule has 1 atom stereocenters. The summed E-state index contributed by atoms with van der Waals surface area (Å²) in [4.78, 5) is 11.9. The van der Waals surface area contributed by atoms with Gasteiger partial charge in [0.15, 0.2) is 0 Å². The molecular formula is C24H30N4O. The summed E-state index contributed by atoms with van der Waals surface area (Å²) in [6.07, 6.45) is 2.22. The van der Waals surface area contributed by atoms with Crippen LogP contribution in [0.15, 0.2) is 48.5 Å². The maximum absolute atomic E-state index is 5.36. The van der Waals surface area contributed by atoms with E-state index in [9.17, 15) is 0 Å². The highest BCUT2D eigenvalue weighted by Gasteiger charge is 2.22. The van der Waals surface area contributed by atoms with Crippen molar-refractivity contribution in [3.8, 4) is 5.75 Å². The Labute approximate surface area is 173 Å². The molecule has 1 fully saturated rings. The van der Waals surface area contributed by atoms with Gasteiger partial charge in [-0.05, 0) is 43.4 Å². The summed E-state index contributed by atoms with van der Waals surface area (Å²) in [5.74, 6) is 2.19. The van der Waals surface area contributed by atoms with Crippen LogP contribution >= 0.6 is 0 Å². The summed E-state index contributed by atoms with van der Waals surface area (Å²) in [6.45, 7) is 7.31. The fourth-order valence-electron chi connectivity index (χ4n) is 4.05. The first kappa shape index (κ1) is 19.6. The lowest BCUT2D eigenvalue weighted by Gasteiger charge is -2.33. The SMILES string of the molecule is COc1ccc2c(C)nc(N3CCC(NCC(C)c4ccccc4)CC3)nc2c1. The Bertz CT molecular complexity index is 952. The lowest BCUT2D eigenvalue weighted by atomic mass is 9.99. The van der Waals surface area contributed by atoms with Crippen LogP contribution < -0.4 is 15.0 Å². The number of piperidine rings is 1. The maximum Gasteiger partial charge on any atom is 0.226 e. The van der Waals surface area contributed by atoms with Gasteiger partial charge < -0.3 is 15.0 Å². The smallest absolute Gasteiger partial charge is 0.226 e. The Morgan fingerprint density at radius 3 is 2.59 bits per heavy atom. The highest BCUT2D eigenvalue weighted by molar-refractivity contribution is 5.83. The molecule has 0 bridgehead atoms. The normalized spacial score (nSPS) is 16.2. The Hall–Kier alpha value is -2.66. The van der Waals surface area contributed by atoms with Crippen molar-refractivity contribution < 1.29 is 4.74 Å². The van der Waals surface area contributed by atoms with Gasteiger partial charge >= 0.3 is 0 Å². The van der Waals surface area contributed by atoms with E-state index in [1.54, 1.807) is 7.11 Å². The van der Waals surface area contributed by atoms with Gasteiger partial charge in [-0.1, -0.05) is 37.3 Å². The molecular weight excluding hydrogens is 360 g/mol. The largest absolute Gasteiger partial charge is 0.497 e. The number of nitrogens with zero attached hydrogens (tertiary/aromatic N) is 3. The predicted molar refractivity (Wildman–Crippen MR) is 119 cm³/mol. The lowest BCUT2D eigenvalue weighted by Crippen LogP contribution is -2.44. The number of aromatic nitrogens is 2.